The Morgan fingerprint density at radius 2 is 1.76 bits per heavy atom. The molecule has 0 aromatic heterocycles. The van der Waals surface area contributed by atoms with Crippen molar-refractivity contribution in [1.82, 2.24) is 10.2 Å². The number of alkyl halides is 2. The maximum atomic E-state index is 12.3. The van der Waals surface area contributed by atoms with Gasteiger partial charge in [0.2, 0.25) is 5.91 Å². The van der Waals surface area contributed by atoms with E-state index in [1.807, 2.05) is 0 Å². The van der Waals surface area contributed by atoms with Gasteiger partial charge in [0.1, 0.15) is 12.3 Å². The van der Waals surface area contributed by atoms with E-state index in [2.05, 4.69) is 10.1 Å². The first kappa shape index (κ1) is 19.9. The van der Waals surface area contributed by atoms with Gasteiger partial charge in [0.15, 0.2) is 0 Å². The van der Waals surface area contributed by atoms with Crippen molar-refractivity contribution in [2.24, 2.45) is 0 Å². The number of halogens is 2. The topological polar surface area (TPSA) is 119 Å². The maximum absolute atomic E-state index is 12.3. The third-order valence-corrected chi connectivity index (χ3v) is 4.11. The monoisotopic (exact) mass is 405 g/mol. The molecule has 0 unspecified atom stereocenters. The number of non-ortho nitro benzene ring substituents is 1. The Hall–Kier alpha value is -3.89. The highest BCUT2D eigenvalue weighted by molar-refractivity contribution is 6.22. The van der Waals surface area contributed by atoms with Crippen LogP contribution in [0.15, 0.2) is 42.5 Å². The second-order valence-corrected chi connectivity index (χ2v) is 5.98. The Bertz CT molecular complexity index is 994. The minimum atomic E-state index is -2.94. The molecule has 1 aliphatic heterocycles. The summed E-state index contributed by atoms with van der Waals surface area (Å²) in [5, 5.41) is 13.3. The molecule has 150 valence electrons. The van der Waals surface area contributed by atoms with E-state index in [0.29, 0.717) is 10.5 Å². The molecule has 2 aromatic rings. The van der Waals surface area contributed by atoms with Gasteiger partial charge in [-0.2, -0.15) is 8.78 Å². The van der Waals surface area contributed by atoms with Gasteiger partial charge in [-0.1, -0.05) is 12.1 Å². The average molecular weight is 405 g/mol. The molecular weight excluding hydrogens is 392 g/mol. The van der Waals surface area contributed by atoms with E-state index >= 15 is 0 Å². The van der Waals surface area contributed by atoms with E-state index in [-0.39, 0.29) is 29.1 Å². The second-order valence-electron chi connectivity index (χ2n) is 5.98. The van der Waals surface area contributed by atoms with E-state index in [1.54, 1.807) is 0 Å². The summed E-state index contributed by atoms with van der Waals surface area (Å²) in [6.07, 6.45) is 0. The fraction of sp³-hybridized carbons (Fsp3) is 0.167. The fourth-order valence-corrected chi connectivity index (χ4v) is 2.72. The van der Waals surface area contributed by atoms with Gasteiger partial charge in [0.25, 0.3) is 17.5 Å². The lowest BCUT2D eigenvalue weighted by atomic mass is 10.1. The molecule has 3 amide bonds. The van der Waals surface area contributed by atoms with Crippen molar-refractivity contribution in [1.29, 1.82) is 0 Å². The predicted octanol–water partition coefficient (Wildman–Crippen LogP) is 2.11. The lowest BCUT2D eigenvalue weighted by molar-refractivity contribution is -0.384. The zero-order valence-electron chi connectivity index (χ0n) is 14.6. The van der Waals surface area contributed by atoms with Gasteiger partial charge < -0.3 is 10.1 Å². The molecule has 0 saturated heterocycles. The third-order valence-electron chi connectivity index (χ3n) is 4.11. The molecule has 0 spiro atoms. The molecule has 0 bridgehead atoms. The van der Waals surface area contributed by atoms with Crippen LogP contribution in [0.3, 0.4) is 0 Å². The van der Waals surface area contributed by atoms with E-state index < -0.39 is 35.8 Å². The Kier molecular flexibility index (Phi) is 5.48. The molecule has 1 N–H and O–H groups in total. The first-order chi connectivity index (χ1) is 13.8. The first-order valence-corrected chi connectivity index (χ1v) is 8.21. The zero-order valence-corrected chi connectivity index (χ0v) is 14.6. The third kappa shape index (κ3) is 4.34. The zero-order chi connectivity index (χ0) is 21.1. The molecule has 0 aliphatic carbocycles. The van der Waals surface area contributed by atoms with E-state index in [0.717, 1.165) is 12.1 Å². The molecule has 0 saturated carbocycles. The molecule has 2 aromatic carbocycles. The Morgan fingerprint density at radius 1 is 1.10 bits per heavy atom. The van der Waals surface area contributed by atoms with Crippen molar-refractivity contribution >= 4 is 23.4 Å². The van der Waals surface area contributed by atoms with Crippen LogP contribution in [0.2, 0.25) is 0 Å². The summed E-state index contributed by atoms with van der Waals surface area (Å²) < 4.78 is 28.5. The van der Waals surface area contributed by atoms with Gasteiger partial charge in [-0.05, 0) is 23.8 Å². The van der Waals surface area contributed by atoms with Crippen molar-refractivity contribution in [3.05, 3.63) is 69.3 Å². The number of imide groups is 1. The average Bonchev–Trinajstić information content (AvgIpc) is 2.91. The number of nitrogens with zero attached hydrogens (tertiary/aromatic N) is 2. The number of amides is 3. The summed E-state index contributed by atoms with van der Waals surface area (Å²) in [7, 11) is 0. The van der Waals surface area contributed by atoms with Crippen molar-refractivity contribution in [3.8, 4) is 5.75 Å². The van der Waals surface area contributed by atoms with Crippen LogP contribution in [-0.2, 0) is 11.3 Å². The van der Waals surface area contributed by atoms with Crippen molar-refractivity contribution in [2.45, 2.75) is 13.2 Å². The lowest BCUT2D eigenvalue weighted by Crippen LogP contribution is -2.40. The Labute approximate surface area is 162 Å². The van der Waals surface area contributed by atoms with Gasteiger partial charge in [-0.3, -0.25) is 29.4 Å². The number of carbonyl (C=O) groups is 3. The molecule has 1 aliphatic rings. The Balaban J connectivity index is 1.60. The van der Waals surface area contributed by atoms with Crippen LogP contribution < -0.4 is 10.1 Å². The SMILES string of the molecule is O=C(CN1C(=O)c2ccc([N+](=O)[O-])cc2C1=O)NCc1ccc(OC(F)F)cc1. The molecule has 9 nitrogen and oxygen atoms in total. The summed E-state index contributed by atoms with van der Waals surface area (Å²) in [5.41, 5.74) is 0.100. The summed E-state index contributed by atoms with van der Waals surface area (Å²) >= 11 is 0. The second kappa shape index (κ2) is 8.00. The number of ether oxygens (including phenoxy) is 1. The van der Waals surface area contributed by atoms with Crippen molar-refractivity contribution in [3.63, 3.8) is 0 Å². The highest BCUT2D eigenvalue weighted by Gasteiger charge is 2.37. The number of benzene rings is 2. The number of hydrogen-bond donors (Lipinski definition) is 1. The molecule has 1 heterocycles. The van der Waals surface area contributed by atoms with Gasteiger partial charge >= 0.3 is 6.61 Å². The van der Waals surface area contributed by atoms with Crippen LogP contribution in [0, 0.1) is 10.1 Å². The van der Waals surface area contributed by atoms with Crippen molar-refractivity contribution in [2.75, 3.05) is 6.54 Å². The van der Waals surface area contributed by atoms with Crippen LogP contribution in [0.1, 0.15) is 26.3 Å². The van der Waals surface area contributed by atoms with Crippen LogP contribution in [-0.4, -0.2) is 40.7 Å². The quantitative estimate of drug-likeness (QED) is 0.428. The number of nitrogens with one attached hydrogen (secondary N) is 1. The normalized spacial score (nSPS) is 12.9. The van der Waals surface area contributed by atoms with Crippen molar-refractivity contribution < 1.29 is 32.8 Å². The van der Waals surface area contributed by atoms with Gasteiger partial charge in [-0.15, -0.1) is 0 Å². The predicted molar refractivity (Wildman–Crippen MR) is 93.4 cm³/mol. The van der Waals surface area contributed by atoms with Crippen LogP contribution in [0.4, 0.5) is 14.5 Å². The number of carbonyl (C=O) groups excluding carboxylic acids is 3. The van der Waals surface area contributed by atoms with Crippen LogP contribution >= 0.6 is 0 Å². The molecular formula is C18H13F2N3O6. The number of nitro benzene ring substituents is 1. The molecule has 3 rings (SSSR count). The van der Waals surface area contributed by atoms with Crippen LogP contribution in [0.25, 0.3) is 0 Å². The van der Waals surface area contributed by atoms with Gasteiger partial charge in [0.05, 0.1) is 16.1 Å². The lowest BCUT2D eigenvalue weighted by Gasteiger charge is -2.13. The van der Waals surface area contributed by atoms with E-state index in [9.17, 15) is 33.3 Å². The molecule has 0 atom stereocenters. The largest absolute Gasteiger partial charge is 0.435 e. The number of fused-ring (bicyclic) bond motifs is 1. The van der Waals surface area contributed by atoms with Gasteiger partial charge in [0, 0.05) is 18.7 Å². The minimum Gasteiger partial charge on any atom is -0.435 e. The number of rotatable bonds is 7. The summed E-state index contributed by atoms with van der Waals surface area (Å²) in [6.45, 7) is -3.48. The highest BCUT2D eigenvalue weighted by atomic mass is 19.3. The minimum absolute atomic E-state index is 0.0111. The standard InChI is InChI=1S/C18H13F2N3O6/c19-18(20)29-12-4-1-10(2-5-12)8-21-15(24)9-22-16(25)13-6-3-11(23(27)28)7-14(13)17(22)26/h1-7,18H,8-9H2,(H,21,24). The molecule has 11 heteroatoms. The highest BCUT2D eigenvalue weighted by Crippen LogP contribution is 2.26. The summed E-state index contributed by atoms with van der Waals surface area (Å²) in [6, 6.07) is 8.84. The van der Waals surface area contributed by atoms with E-state index in [1.165, 1.54) is 30.3 Å². The Morgan fingerprint density at radius 3 is 2.38 bits per heavy atom. The summed E-state index contributed by atoms with van der Waals surface area (Å²) in [4.78, 5) is 47.6. The molecule has 29 heavy (non-hydrogen) atoms. The number of nitro groups is 1. The van der Waals surface area contributed by atoms with E-state index in [4.69, 9.17) is 0 Å². The maximum Gasteiger partial charge on any atom is 0.387 e. The smallest absolute Gasteiger partial charge is 0.387 e. The molecule has 0 radical (unpaired) electrons. The number of hydrogen-bond acceptors (Lipinski definition) is 6. The fourth-order valence-electron chi connectivity index (χ4n) is 2.72. The van der Waals surface area contributed by atoms with Crippen LogP contribution in [0.5, 0.6) is 5.75 Å². The summed E-state index contributed by atoms with van der Waals surface area (Å²) in [5.74, 6) is -2.18. The van der Waals surface area contributed by atoms with Gasteiger partial charge in [-0.25, -0.2) is 0 Å². The molecule has 0 fully saturated rings. The first-order valence-electron chi connectivity index (χ1n) is 8.21.